The molecule has 0 saturated carbocycles. The van der Waals surface area contributed by atoms with Gasteiger partial charge in [0.05, 0.1) is 12.2 Å². The number of nitrogens with one attached hydrogen (secondary N) is 2. The number of carbonyl (C=O) groups excluding carboxylic acids is 2. The van der Waals surface area contributed by atoms with Crippen LogP contribution in [0.25, 0.3) is 0 Å². The number of ether oxygens (including phenoxy) is 1. The highest BCUT2D eigenvalue weighted by Gasteiger charge is 2.32. The van der Waals surface area contributed by atoms with Gasteiger partial charge in [-0.3, -0.25) is 4.79 Å². The van der Waals surface area contributed by atoms with Crippen LogP contribution >= 0.6 is 0 Å². The predicted molar refractivity (Wildman–Crippen MR) is 118 cm³/mol. The zero-order chi connectivity index (χ0) is 22.6. The summed E-state index contributed by atoms with van der Waals surface area (Å²) in [5.74, 6) is -0.949. The van der Waals surface area contributed by atoms with E-state index in [4.69, 9.17) is 4.74 Å². The number of amides is 1. The first-order chi connectivity index (χ1) is 14.8. The summed E-state index contributed by atoms with van der Waals surface area (Å²) >= 11 is 0. The molecule has 31 heavy (non-hydrogen) atoms. The Hall–Kier alpha value is -2.65. The van der Waals surface area contributed by atoms with E-state index >= 15 is 0 Å². The van der Waals surface area contributed by atoms with Gasteiger partial charge in [0.2, 0.25) is 10.0 Å². The summed E-state index contributed by atoms with van der Waals surface area (Å²) in [5.41, 5.74) is 1.75. The molecule has 1 aliphatic rings. The van der Waals surface area contributed by atoms with Gasteiger partial charge in [-0.2, -0.15) is 4.31 Å². The molecule has 8 nitrogen and oxygen atoms in total. The maximum absolute atomic E-state index is 13.3. The number of hydrogen-bond acceptors (Lipinski definition) is 5. The van der Waals surface area contributed by atoms with Crippen molar-refractivity contribution in [2.24, 2.45) is 0 Å². The van der Waals surface area contributed by atoms with E-state index in [-0.39, 0.29) is 17.2 Å². The van der Waals surface area contributed by atoms with Crippen molar-refractivity contribution in [2.75, 3.05) is 25.0 Å². The van der Waals surface area contributed by atoms with Crippen LogP contribution < -0.4 is 5.32 Å². The van der Waals surface area contributed by atoms with Gasteiger partial charge < -0.3 is 15.0 Å². The summed E-state index contributed by atoms with van der Waals surface area (Å²) < 4.78 is 33.1. The molecule has 2 heterocycles. The second-order valence-corrected chi connectivity index (χ2v) is 9.53. The largest absolute Gasteiger partial charge is 0.462 e. The topological polar surface area (TPSA) is 109 Å². The van der Waals surface area contributed by atoms with Crippen LogP contribution in [0.2, 0.25) is 0 Å². The second kappa shape index (κ2) is 9.65. The van der Waals surface area contributed by atoms with Crippen molar-refractivity contribution in [3.63, 3.8) is 0 Å². The molecule has 1 amide bonds. The number of anilines is 1. The number of nitrogens with zero attached hydrogens (tertiary/aromatic N) is 1. The van der Waals surface area contributed by atoms with Crippen LogP contribution in [-0.2, 0) is 14.8 Å². The minimum absolute atomic E-state index is 0.167. The number of aromatic nitrogens is 1. The lowest BCUT2D eigenvalue weighted by Crippen LogP contribution is -2.32. The average Bonchev–Trinajstić information content (AvgIpc) is 2.90. The molecule has 2 aromatic rings. The third kappa shape index (κ3) is 4.99. The van der Waals surface area contributed by atoms with Crippen molar-refractivity contribution >= 4 is 27.6 Å². The number of esters is 1. The van der Waals surface area contributed by atoms with E-state index in [2.05, 4.69) is 10.3 Å². The number of benzene rings is 1. The number of aryl methyl sites for hydroxylation is 1. The van der Waals surface area contributed by atoms with Crippen LogP contribution in [-0.4, -0.2) is 49.3 Å². The highest BCUT2D eigenvalue weighted by Crippen LogP contribution is 2.28. The smallest absolute Gasteiger partial charge is 0.338 e. The molecule has 0 atom stereocenters. The van der Waals surface area contributed by atoms with E-state index in [0.29, 0.717) is 35.6 Å². The van der Waals surface area contributed by atoms with Crippen molar-refractivity contribution < 1.29 is 22.7 Å². The summed E-state index contributed by atoms with van der Waals surface area (Å²) in [6.07, 6.45) is 3.73. The number of H-pyrrole nitrogens is 1. The zero-order valence-electron chi connectivity index (χ0n) is 18.2. The number of sulfonamides is 1. The molecule has 0 unspecified atom stereocenters. The van der Waals surface area contributed by atoms with Crippen LogP contribution in [0.3, 0.4) is 0 Å². The van der Waals surface area contributed by atoms with Crippen LogP contribution in [0.4, 0.5) is 5.69 Å². The molecule has 1 fully saturated rings. The molecule has 1 saturated heterocycles. The summed E-state index contributed by atoms with van der Waals surface area (Å²) in [5, 5.41) is 2.73. The molecular weight excluding hydrogens is 418 g/mol. The number of rotatable bonds is 6. The van der Waals surface area contributed by atoms with Gasteiger partial charge >= 0.3 is 5.97 Å². The Morgan fingerprint density at radius 1 is 1.13 bits per heavy atom. The standard InChI is InChI=1S/C22H29N3O5S/c1-4-30-22(27)17-10-9-11-18(14-17)24-21(26)19-15(2)20(16(3)23-19)31(28,29)25-12-7-5-6-8-13-25/h9-11,14,23H,4-8,12-13H2,1-3H3,(H,24,26). The lowest BCUT2D eigenvalue weighted by molar-refractivity contribution is 0.0526. The molecule has 1 aliphatic heterocycles. The van der Waals surface area contributed by atoms with E-state index in [1.165, 1.54) is 10.4 Å². The third-order valence-electron chi connectivity index (χ3n) is 5.39. The summed E-state index contributed by atoms with van der Waals surface area (Å²) in [7, 11) is -3.70. The van der Waals surface area contributed by atoms with Crippen molar-refractivity contribution in [3.8, 4) is 0 Å². The fourth-order valence-electron chi connectivity index (χ4n) is 3.89. The minimum Gasteiger partial charge on any atom is -0.462 e. The Balaban J connectivity index is 1.85. The molecule has 3 rings (SSSR count). The normalized spacial score (nSPS) is 15.3. The Bertz CT molecular complexity index is 1070. The molecule has 0 aliphatic carbocycles. The van der Waals surface area contributed by atoms with Gasteiger partial charge in [0, 0.05) is 24.5 Å². The van der Waals surface area contributed by atoms with Crippen LogP contribution in [0, 0.1) is 13.8 Å². The fraction of sp³-hybridized carbons (Fsp3) is 0.455. The lowest BCUT2D eigenvalue weighted by atomic mass is 10.2. The quantitative estimate of drug-likeness (QED) is 0.658. The first-order valence-electron chi connectivity index (χ1n) is 10.5. The summed E-state index contributed by atoms with van der Waals surface area (Å²) in [4.78, 5) is 27.9. The van der Waals surface area contributed by atoms with Crippen molar-refractivity contribution in [1.29, 1.82) is 0 Å². The van der Waals surface area contributed by atoms with Gasteiger partial charge in [-0.15, -0.1) is 0 Å². The van der Waals surface area contributed by atoms with Crippen LogP contribution in [0.1, 0.15) is 64.7 Å². The van der Waals surface area contributed by atoms with E-state index in [1.807, 2.05) is 0 Å². The average molecular weight is 448 g/mol. The van der Waals surface area contributed by atoms with E-state index < -0.39 is 21.9 Å². The number of hydrogen-bond donors (Lipinski definition) is 2. The Kier molecular flexibility index (Phi) is 7.17. The van der Waals surface area contributed by atoms with Gasteiger partial charge in [0.15, 0.2) is 0 Å². The van der Waals surface area contributed by atoms with Gasteiger partial charge in [0.1, 0.15) is 10.6 Å². The zero-order valence-corrected chi connectivity index (χ0v) is 19.0. The maximum atomic E-state index is 13.3. The molecule has 9 heteroatoms. The molecule has 0 spiro atoms. The molecule has 0 bridgehead atoms. The number of carbonyl (C=O) groups is 2. The van der Waals surface area contributed by atoms with Crippen molar-refractivity contribution in [3.05, 3.63) is 46.8 Å². The van der Waals surface area contributed by atoms with Crippen molar-refractivity contribution in [2.45, 2.75) is 51.3 Å². The molecule has 1 aromatic carbocycles. The highest BCUT2D eigenvalue weighted by atomic mass is 32.2. The molecule has 2 N–H and O–H groups in total. The Morgan fingerprint density at radius 3 is 2.45 bits per heavy atom. The third-order valence-corrected chi connectivity index (χ3v) is 7.56. The van der Waals surface area contributed by atoms with E-state index in [0.717, 1.165) is 25.7 Å². The van der Waals surface area contributed by atoms with Crippen molar-refractivity contribution in [1.82, 2.24) is 9.29 Å². The molecule has 168 valence electrons. The summed E-state index contributed by atoms with van der Waals surface area (Å²) in [6.45, 7) is 6.26. The monoisotopic (exact) mass is 447 g/mol. The van der Waals surface area contributed by atoms with E-state index in [9.17, 15) is 18.0 Å². The highest BCUT2D eigenvalue weighted by molar-refractivity contribution is 7.89. The first-order valence-corrected chi connectivity index (χ1v) is 12.0. The summed E-state index contributed by atoms with van der Waals surface area (Å²) in [6, 6.07) is 6.42. The number of aromatic amines is 1. The SMILES string of the molecule is CCOC(=O)c1cccc(NC(=O)c2[nH]c(C)c(S(=O)(=O)N3CCCCCC3)c2C)c1. The van der Waals surface area contributed by atoms with Crippen LogP contribution in [0.5, 0.6) is 0 Å². The Labute approximate surface area is 183 Å². The minimum atomic E-state index is -3.70. The predicted octanol–water partition coefficient (Wildman–Crippen LogP) is 3.63. The van der Waals surface area contributed by atoms with Gasteiger partial charge in [0.25, 0.3) is 5.91 Å². The molecular formula is C22H29N3O5S. The van der Waals surface area contributed by atoms with Gasteiger partial charge in [-0.25, -0.2) is 13.2 Å². The maximum Gasteiger partial charge on any atom is 0.338 e. The fourth-order valence-corrected chi connectivity index (χ4v) is 5.81. The van der Waals surface area contributed by atoms with E-state index in [1.54, 1.807) is 39.0 Å². The molecule has 1 aromatic heterocycles. The van der Waals surface area contributed by atoms with Crippen LogP contribution in [0.15, 0.2) is 29.2 Å². The first kappa shape index (κ1) is 23.0. The Morgan fingerprint density at radius 2 is 1.81 bits per heavy atom. The second-order valence-electron chi connectivity index (χ2n) is 7.65. The van der Waals surface area contributed by atoms with Gasteiger partial charge in [-0.1, -0.05) is 18.9 Å². The lowest BCUT2D eigenvalue weighted by Gasteiger charge is -2.20. The molecule has 0 radical (unpaired) electrons. The van der Waals surface area contributed by atoms with Gasteiger partial charge in [-0.05, 0) is 57.4 Å².